The number of nitrogens with zero attached hydrogens (tertiary/aromatic N) is 2. The largest absolute Gasteiger partial charge is 0.358 e. The molecule has 1 aliphatic carbocycles. The van der Waals surface area contributed by atoms with E-state index in [0.717, 1.165) is 47.7 Å². The summed E-state index contributed by atoms with van der Waals surface area (Å²) < 4.78 is 11.4. The van der Waals surface area contributed by atoms with Crippen LogP contribution in [0, 0.1) is 13.8 Å². The third-order valence-corrected chi connectivity index (χ3v) is 8.68. The lowest BCUT2D eigenvalue weighted by Crippen LogP contribution is -2.30. The van der Waals surface area contributed by atoms with Crippen molar-refractivity contribution in [2.24, 2.45) is 0 Å². The fraction of sp³-hybridized carbons (Fsp3) is 0.161. The van der Waals surface area contributed by atoms with Gasteiger partial charge in [-0.2, -0.15) is 0 Å². The third kappa shape index (κ3) is 4.13. The number of aromatic nitrogens is 2. The van der Waals surface area contributed by atoms with Gasteiger partial charge in [0.1, 0.15) is 10.0 Å². The molecule has 1 N–H and O–H groups in total. The van der Waals surface area contributed by atoms with Crippen LogP contribution in [-0.4, -0.2) is 29.0 Å². The molecule has 0 amide bonds. The van der Waals surface area contributed by atoms with Crippen LogP contribution in [0.25, 0.3) is 32.3 Å². The molecule has 0 saturated carbocycles. The van der Waals surface area contributed by atoms with Crippen LogP contribution < -0.4 is 0 Å². The van der Waals surface area contributed by atoms with E-state index in [1.807, 2.05) is 79.7 Å². The monoisotopic (exact) mass is 538 g/mol. The maximum Gasteiger partial charge on any atom is 0.225 e. The van der Waals surface area contributed by atoms with Crippen LogP contribution in [0.15, 0.2) is 84.9 Å². The highest BCUT2D eigenvalue weighted by Gasteiger charge is 2.48. The molecule has 5 aromatic rings. The lowest BCUT2D eigenvalue weighted by Gasteiger charge is -2.27. The van der Waals surface area contributed by atoms with Crippen LogP contribution in [0.2, 0.25) is 0 Å². The Bertz CT molecular complexity index is 1640. The predicted molar refractivity (Wildman–Crippen MR) is 154 cm³/mol. The maximum absolute atomic E-state index is 12.3. The molecular weight excluding hydrogens is 512 g/mol. The van der Waals surface area contributed by atoms with E-state index in [-0.39, 0.29) is 6.79 Å². The van der Waals surface area contributed by atoms with Crippen molar-refractivity contribution in [3.8, 4) is 21.1 Å². The number of ether oxygens (including phenoxy) is 2. The van der Waals surface area contributed by atoms with Gasteiger partial charge in [0.2, 0.25) is 5.79 Å². The Kier molecular flexibility index (Phi) is 6.55. The summed E-state index contributed by atoms with van der Waals surface area (Å²) in [6, 6.07) is 28.1. The van der Waals surface area contributed by atoms with Crippen molar-refractivity contribution in [1.29, 1.82) is 0 Å². The topological polar surface area (TPSA) is 64.5 Å². The van der Waals surface area contributed by atoms with E-state index in [9.17, 15) is 5.11 Å². The predicted octanol–water partition coefficient (Wildman–Crippen LogP) is 7.29. The Hall–Kier alpha value is -3.46. The van der Waals surface area contributed by atoms with Gasteiger partial charge in [-0.1, -0.05) is 84.9 Å². The fourth-order valence-electron chi connectivity index (χ4n) is 4.92. The van der Waals surface area contributed by atoms with Crippen LogP contribution in [-0.2, 0) is 15.3 Å². The van der Waals surface area contributed by atoms with E-state index in [1.54, 1.807) is 29.8 Å². The van der Waals surface area contributed by atoms with Crippen molar-refractivity contribution in [2.45, 2.75) is 19.6 Å². The quantitative estimate of drug-likeness (QED) is 0.221. The molecule has 38 heavy (non-hydrogen) atoms. The molecule has 0 fully saturated rings. The zero-order valence-corrected chi connectivity index (χ0v) is 22.9. The van der Waals surface area contributed by atoms with E-state index >= 15 is 0 Å². The van der Waals surface area contributed by atoms with Gasteiger partial charge >= 0.3 is 0 Å². The summed E-state index contributed by atoms with van der Waals surface area (Å²) in [7, 11) is 1.55. The molecule has 0 spiro atoms. The molecular formula is C31H26N2O3S2. The van der Waals surface area contributed by atoms with Crippen molar-refractivity contribution in [3.63, 3.8) is 0 Å². The number of rotatable bonds is 7. The van der Waals surface area contributed by atoms with Gasteiger partial charge in [-0.3, -0.25) is 0 Å². The summed E-state index contributed by atoms with van der Waals surface area (Å²) in [4.78, 5) is 12.2. The summed E-state index contributed by atoms with van der Waals surface area (Å²) >= 11 is 3.24. The van der Waals surface area contributed by atoms with Crippen molar-refractivity contribution >= 4 is 33.8 Å². The molecule has 2 heterocycles. The van der Waals surface area contributed by atoms with E-state index < -0.39 is 5.79 Å². The Labute approximate surface area is 229 Å². The molecule has 0 aliphatic heterocycles. The minimum absolute atomic E-state index is 0.0817. The molecule has 6 rings (SSSR count). The van der Waals surface area contributed by atoms with E-state index in [0.29, 0.717) is 16.8 Å². The highest BCUT2D eigenvalue weighted by Crippen LogP contribution is 2.54. The summed E-state index contributed by atoms with van der Waals surface area (Å²) in [6.07, 6.45) is 0. The highest BCUT2D eigenvalue weighted by molar-refractivity contribution is 7.15. The van der Waals surface area contributed by atoms with Crippen LogP contribution >= 0.6 is 22.7 Å². The van der Waals surface area contributed by atoms with Gasteiger partial charge in [0.05, 0.1) is 17.0 Å². The van der Waals surface area contributed by atoms with Gasteiger partial charge in [-0.15, -0.1) is 22.7 Å². The number of thiazole rings is 2. The molecule has 3 aromatic carbocycles. The van der Waals surface area contributed by atoms with Gasteiger partial charge in [0.25, 0.3) is 0 Å². The Balaban J connectivity index is 1.63. The van der Waals surface area contributed by atoms with Gasteiger partial charge in [-0.05, 0) is 19.4 Å². The summed E-state index contributed by atoms with van der Waals surface area (Å²) in [6.45, 7) is 4.03. The number of fused-ring (bicyclic) bond motifs is 1. The van der Waals surface area contributed by atoms with Crippen LogP contribution in [0.1, 0.15) is 32.3 Å². The second kappa shape index (κ2) is 10.0. The molecule has 5 nitrogen and oxygen atoms in total. The first-order valence-electron chi connectivity index (χ1n) is 12.3. The lowest BCUT2D eigenvalue weighted by atomic mass is 9.98. The third-order valence-electron chi connectivity index (χ3n) is 6.64. The normalized spacial score (nSPS) is 16.7. The molecule has 7 heteroatoms. The Morgan fingerprint density at radius 2 is 1.26 bits per heavy atom. The fourth-order valence-corrected chi connectivity index (χ4v) is 6.77. The number of hydrogen-bond acceptors (Lipinski definition) is 7. The van der Waals surface area contributed by atoms with Crippen molar-refractivity contribution in [3.05, 3.63) is 117 Å². The average Bonchev–Trinajstić information content (AvgIpc) is 3.60. The molecule has 1 aliphatic rings. The summed E-state index contributed by atoms with van der Waals surface area (Å²) in [5, 5.41) is 14.1. The first kappa shape index (κ1) is 24.9. The molecule has 0 unspecified atom stereocenters. The molecule has 0 saturated heterocycles. The molecule has 2 aromatic heterocycles. The van der Waals surface area contributed by atoms with Crippen LogP contribution in [0.4, 0.5) is 0 Å². The van der Waals surface area contributed by atoms with Gasteiger partial charge in [0, 0.05) is 39.1 Å². The smallest absolute Gasteiger partial charge is 0.225 e. The van der Waals surface area contributed by atoms with Crippen molar-refractivity contribution < 1.29 is 14.6 Å². The molecule has 0 bridgehead atoms. The molecule has 190 valence electrons. The standard InChI is InChI=1S/C31H26N2O3S2/c1-19-27(32-29(37-19)21-12-6-4-7-13-21)25-23-16-10-11-17-24(23)31(34,36-18-35-3)26(25)28-20(2)38-30(33-28)22-14-8-5-9-15-22/h4-17,34H,18H2,1-3H3/t31-/m1/s1. The van der Waals surface area contributed by atoms with Crippen molar-refractivity contribution in [2.75, 3.05) is 13.9 Å². The van der Waals surface area contributed by atoms with E-state index in [1.165, 1.54) is 0 Å². The SMILES string of the molecule is COCO[C@@]1(O)C(c2nc(-c3ccccc3)sc2C)=C(c2nc(-c3ccccc3)sc2C)c2ccccc21. The number of aryl methyl sites for hydroxylation is 2. The average molecular weight is 539 g/mol. The minimum Gasteiger partial charge on any atom is -0.358 e. The first-order chi connectivity index (χ1) is 18.5. The number of aliphatic hydroxyl groups is 1. The summed E-state index contributed by atoms with van der Waals surface area (Å²) in [5.41, 5.74) is 6.58. The van der Waals surface area contributed by atoms with Gasteiger partial charge in [0.15, 0.2) is 6.79 Å². The summed E-state index contributed by atoms with van der Waals surface area (Å²) in [5.74, 6) is -1.75. The van der Waals surface area contributed by atoms with Gasteiger partial charge < -0.3 is 14.6 Å². The number of benzene rings is 3. The zero-order chi connectivity index (χ0) is 26.3. The first-order valence-corrected chi connectivity index (χ1v) is 13.9. The molecule has 1 atom stereocenters. The van der Waals surface area contributed by atoms with Crippen molar-refractivity contribution in [1.82, 2.24) is 9.97 Å². The highest BCUT2D eigenvalue weighted by atomic mass is 32.1. The zero-order valence-electron chi connectivity index (χ0n) is 21.3. The Morgan fingerprint density at radius 3 is 1.87 bits per heavy atom. The second-order valence-electron chi connectivity index (χ2n) is 9.07. The van der Waals surface area contributed by atoms with Crippen LogP contribution in [0.3, 0.4) is 0 Å². The maximum atomic E-state index is 12.3. The Morgan fingerprint density at radius 1 is 0.737 bits per heavy atom. The lowest BCUT2D eigenvalue weighted by molar-refractivity contribution is -0.212. The van der Waals surface area contributed by atoms with E-state index in [2.05, 4.69) is 19.1 Å². The van der Waals surface area contributed by atoms with Gasteiger partial charge in [-0.25, -0.2) is 9.97 Å². The second-order valence-corrected chi connectivity index (χ2v) is 11.5. The van der Waals surface area contributed by atoms with E-state index in [4.69, 9.17) is 19.4 Å². The minimum atomic E-state index is -1.75. The number of methoxy groups -OCH3 is 1. The van der Waals surface area contributed by atoms with Crippen LogP contribution in [0.5, 0.6) is 0 Å². The number of hydrogen-bond donors (Lipinski definition) is 1. The molecule has 0 radical (unpaired) electrons.